The highest BCUT2D eigenvalue weighted by molar-refractivity contribution is 7.79. The van der Waals surface area contributed by atoms with Crippen molar-refractivity contribution in [2.45, 2.75) is 0 Å². The van der Waals surface area contributed by atoms with Crippen LogP contribution in [0.25, 0.3) is 0 Å². The van der Waals surface area contributed by atoms with E-state index in [9.17, 15) is 0 Å². The maximum Gasteiger partial charge on any atom is 0.394 e. The molecule has 0 fully saturated rings. The number of nitrogens with two attached hydrogens (primary N) is 2. The Hall–Kier alpha value is -0.250. The van der Waals surface area contributed by atoms with Gasteiger partial charge in [-0.1, -0.05) is 0 Å². The van der Waals surface area contributed by atoms with Crippen molar-refractivity contribution in [1.29, 1.82) is 0 Å². The lowest BCUT2D eigenvalue weighted by molar-refractivity contribution is 0.381. The molecule has 0 aromatic carbocycles. The minimum Gasteiger partial charge on any atom is -0.329 e. The molecule has 0 heterocycles. The molecule has 7 N–H and O–H groups in total. The summed E-state index contributed by atoms with van der Waals surface area (Å²) in [6.07, 6.45) is 0. The Bertz CT molecular complexity index is 133. The number of hydrogen-bond acceptors (Lipinski definition) is 5. The molecular weight excluding hydrogens is 162 g/mol. The van der Waals surface area contributed by atoms with Gasteiger partial charge in [-0.25, -0.2) is 0 Å². The molecule has 0 aliphatic heterocycles. The summed E-state index contributed by atoms with van der Waals surface area (Å²) in [5, 5.41) is 0. The van der Waals surface area contributed by atoms with Crippen LogP contribution >= 0.6 is 0 Å². The van der Waals surface area contributed by atoms with E-state index in [1.807, 2.05) is 0 Å². The van der Waals surface area contributed by atoms with Crippen molar-refractivity contribution in [2.75, 3.05) is 13.1 Å². The fourth-order valence-electron chi connectivity index (χ4n) is 0.0833. The van der Waals surface area contributed by atoms with Gasteiger partial charge < -0.3 is 5.73 Å². The summed E-state index contributed by atoms with van der Waals surface area (Å²) in [7, 11) is -4.67. The molecule has 0 saturated heterocycles. The van der Waals surface area contributed by atoms with Crippen LogP contribution in [0.5, 0.6) is 0 Å². The van der Waals surface area contributed by atoms with Gasteiger partial charge in [0.05, 0.1) is 0 Å². The molecule has 0 amide bonds. The zero-order valence-corrected chi connectivity index (χ0v) is 6.00. The Morgan fingerprint density at radius 1 is 1.40 bits per heavy atom. The van der Waals surface area contributed by atoms with Crippen molar-refractivity contribution in [3.63, 3.8) is 0 Å². The smallest absolute Gasteiger partial charge is 0.329 e. The van der Waals surface area contributed by atoms with Crippen LogP contribution in [-0.2, 0) is 10.4 Å². The largest absolute Gasteiger partial charge is 0.394 e. The van der Waals surface area contributed by atoms with Crippen LogP contribution in [0.15, 0.2) is 0 Å². The van der Waals surface area contributed by atoms with E-state index in [2.05, 4.69) is 5.43 Å². The third-order valence-electron chi connectivity index (χ3n) is 0.289. The maximum absolute atomic E-state index is 8.74. The van der Waals surface area contributed by atoms with E-state index in [0.717, 1.165) is 0 Å². The first-order chi connectivity index (χ1) is 4.41. The fourth-order valence-corrected chi connectivity index (χ4v) is 0.0833. The van der Waals surface area contributed by atoms with Crippen LogP contribution in [0.1, 0.15) is 0 Å². The molecule has 0 aliphatic carbocycles. The summed E-state index contributed by atoms with van der Waals surface area (Å²) < 4.78 is 31.6. The Morgan fingerprint density at radius 2 is 1.70 bits per heavy atom. The van der Waals surface area contributed by atoms with Gasteiger partial charge in [0.25, 0.3) is 0 Å². The molecule has 0 bridgehead atoms. The van der Waals surface area contributed by atoms with Crippen LogP contribution in [0, 0.1) is 0 Å². The molecule has 0 unspecified atom stereocenters. The maximum atomic E-state index is 8.74. The second kappa shape index (κ2) is 6.86. The monoisotopic (exact) mass is 173 g/mol. The third-order valence-corrected chi connectivity index (χ3v) is 0.289. The number of rotatable bonds is 2. The van der Waals surface area contributed by atoms with Gasteiger partial charge in [-0.05, 0) is 0 Å². The van der Waals surface area contributed by atoms with Gasteiger partial charge >= 0.3 is 10.4 Å². The molecule has 0 aromatic heterocycles. The van der Waals surface area contributed by atoms with Crippen LogP contribution in [-0.4, -0.2) is 30.6 Å². The van der Waals surface area contributed by atoms with E-state index in [4.69, 9.17) is 29.1 Å². The van der Waals surface area contributed by atoms with Crippen LogP contribution in [0.4, 0.5) is 0 Å². The second-order valence-electron chi connectivity index (χ2n) is 1.19. The van der Waals surface area contributed by atoms with Crippen molar-refractivity contribution in [3.8, 4) is 0 Å². The van der Waals surface area contributed by atoms with Gasteiger partial charge in [0.15, 0.2) is 0 Å². The van der Waals surface area contributed by atoms with Crippen LogP contribution < -0.4 is 17.0 Å². The minimum atomic E-state index is -4.67. The zero-order chi connectivity index (χ0) is 8.62. The van der Waals surface area contributed by atoms with Crippen molar-refractivity contribution in [1.82, 2.24) is 5.43 Å². The molecule has 0 radical (unpaired) electrons. The molecule has 64 valence electrons. The summed E-state index contributed by atoms with van der Waals surface area (Å²) in [4.78, 5) is 0. The van der Waals surface area contributed by atoms with E-state index in [-0.39, 0.29) is 0 Å². The predicted octanol–water partition coefficient (Wildman–Crippen LogP) is -2.24. The average Bonchev–Trinajstić information content (AvgIpc) is 1.63. The Kier molecular flexibility index (Phi) is 8.53. The zero-order valence-electron chi connectivity index (χ0n) is 5.19. The number of hydrogen-bond donors (Lipinski definition) is 5. The van der Waals surface area contributed by atoms with Gasteiger partial charge in [-0.2, -0.15) is 8.42 Å². The first-order valence-corrected chi connectivity index (χ1v) is 3.65. The highest BCUT2D eigenvalue weighted by atomic mass is 32.3. The number of hydrazine groups is 1. The summed E-state index contributed by atoms with van der Waals surface area (Å²) in [6.45, 7) is 1.30. The molecule has 10 heavy (non-hydrogen) atoms. The molecule has 8 heteroatoms. The first-order valence-electron chi connectivity index (χ1n) is 2.25. The van der Waals surface area contributed by atoms with Crippen molar-refractivity contribution < 1.29 is 17.5 Å². The standard InChI is InChI=1S/C2H9N3.H2O4S/c3-1-2-5-4;1-5(2,3)4/h5H,1-4H2;(H2,1,2,3,4). The average molecular weight is 173 g/mol. The lowest BCUT2D eigenvalue weighted by Gasteiger charge is -1.85. The second-order valence-corrected chi connectivity index (χ2v) is 2.09. The molecule has 0 spiro atoms. The van der Waals surface area contributed by atoms with Crippen molar-refractivity contribution in [3.05, 3.63) is 0 Å². The molecule has 0 aliphatic rings. The van der Waals surface area contributed by atoms with Gasteiger partial charge in [0, 0.05) is 13.1 Å². The normalized spacial score (nSPS) is 10.0. The third kappa shape index (κ3) is 115. The van der Waals surface area contributed by atoms with E-state index in [1.54, 1.807) is 0 Å². The summed E-state index contributed by atoms with van der Waals surface area (Å²) in [5.74, 6) is 4.81. The van der Waals surface area contributed by atoms with Crippen molar-refractivity contribution in [2.24, 2.45) is 11.6 Å². The van der Waals surface area contributed by atoms with Crippen LogP contribution in [0.3, 0.4) is 0 Å². The minimum absolute atomic E-state index is 0.608. The lowest BCUT2D eigenvalue weighted by Crippen LogP contribution is -2.28. The topological polar surface area (TPSA) is 139 Å². The quantitative estimate of drug-likeness (QED) is 0.181. The van der Waals surface area contributed by atoms with Gasteiger partial charge in [0.2, 0.25) is 0 Å². The molecule has 0 aromatic rings. The van der Waals surface area contributed by atoms with E-state index in [0.29, 0.717) is 13.1 Å². The van der Waals surface area contributed by atoms with E-state index >= 15 is 0 Å². The summed E-state index contributed by atoms with van der Waals surface area (Å²) in [6, 6.07) is 0. The Morgan fingerprint density at radius 3 is 1.70 bits per heavy atom. The van der Waals surface area contributed by atoms with Gasteiger partial charge in [0.1, 0.15) is 0 Å². The predicted molar refractivity (Wildman–Crippen MR) is 35.4 cm³/mol. The first kappa shape index (κ1) is 12.4. The Balaban J connectivity index is 0. The SMILES string of the molecule is NCCNN.O=S(=O)(O)O. The highest BCUT2D eigenvalue weighted by Crippen LogP contribution is 1.59. The molecule has 0 atom stereocenters. The van der Waals surface area contributed by atoms with Crippen molar-refractivity contribution >= 4 is 10.4 Å². The van der Waals surface area contributed by atoms with Gasteiger partial charge in [-0.15, -0.1) is 0 Å². The molecular formula is C2H11N3O4S. The molecule has 0 saturated carbocycles. The van der Waals surface area contributed by atoms with Gasteiger partial charge in [-0.3, -0.25) is 20.4 Å². The van der Waals surface area contributed by atoms with Crippen LogP contribution in [0.2, 0.25) is 0 Å². The lowest BCUT2D eigenvalue weighted by atomic mass is 10.7. The van der Waals surface area contributed by atoms with E-state index in [1.165, 1.54) is 0 Å². The highest BCUT2D eigenvalue weighted by Gasteiger charge is 1.84. The number of nitrogens with one attached hydrogen (secondary N) is 1. The molecule has 7 nitrogen and oxygen atoms in total. The summed E-state index contributed by atoms with van der Waals surface area (Å²) in [5.41, 5.74) is 7.39. The summed E-state index contributed by atoms with van der Waals surface area (Å²) >= 11 is 0. The fraction of sp³-hybridized carbons (Fsp3) is 1.00. The molecule has 0 rings (SSSR count). The Labute approximate surface area is 58.9 Å². The van der Waals surface area contributed by atoms with E-state index < -0.39 is 10.4 Å².